The third-order valence-corrected chi connectivity index (χ3v) is 4.99. The van der Waals surface area contributed by atoms with Crippen LogP contribution in [0, 0.1) is 5.92 Å². The van der Waals surface area contributed by atoms with Crippen LogP contribution in [0.3, 0.4) is 0 Å². The number of hydrogen-bond acceptors (Lipinski definition) is 3. The van der Waals surface area contributed by atoms with Crippen molar-refractivity contribution in [2.24, 2.45) is 5.92 Å². The molecule has 1 aliphatic rings. The smallest absolute Gasteiger partial charge is 0.256 e. The molecule has 2 amide bonds. The molecule has 1 aromatic carbocycles. The van der Waals surface area contributed by atoms with Crippen LogP contribution in [0.25, 0.3) is 10.9 Å². The van der Waals surface area contributed by atoms with E-state index in [1.54, 1.807) is 18.5 Å². The average molecular weight is 351 g/mol. The highest BCUT2D eigenvalue weighted by Crippen LogP contribution is 2.23. The van der Waals surface area contributed by atoms with Gasteiger partial charge >= 0.3 is 0 Å². The van der Waals surface area contributed by atoms with Crippen molar-refractivity contribution in [2.75, 3.05) is 13.1 Å². The van der Waals surface area contributed by atoms with Gasteiger partial charge in [0.05, 0.1) is 18.4 Å². The Kier molecular flexibility index (Phi) is 4.48. The molecule has 1 fully saturated rings. The summed E-state index contributed by atoms with van der Waals surface area (Å²) in [6, 6.07) is 11.4. The normalized spacial score (nSPS) is 15.3. The zero-order chi connectivity index (χ0) is 17.9. The van der Waals surface area contributed by atoms with Gasteiger partial charge in [-0.05, 0) is 31.0 Å². The highest BCUT2D eigenvalue weighted by molar-refractivity contribution is 6.06. The summed E-state index contributed by atoms with van der Waals surface area (Å²) < 4.78 is 5.23. The summed E-state index contributed by atoms with van der Waals surface area (Å²) in [5.41, 5.74) is 1.66. The van der Waals surface area contributed by atoms with Gasteiger partial charge in [-0.25, -0.2) is 0 Å². The lowest BCUT2D eigenvalue weighted by Crippen LogP contribution is -2.42. The van der Waals surface area contributed by atoms with Crippen LogP contribution >= 0.6 is 0 Å². The monoisotopic (exact) mass is 351 g/mol. The number of fused-ring (bicyclic) bond motifs is 1. The third kappa shape index (κ3) is 3.22. The van der Waals surface area contributed by atoms with E-state index < -0.39 is 0 Å². The molecule has 3 heterocycles. The number of carbonyl (C=O) groups excluding carboxylic acids is 2. The van der Waals surface area contributed by atoms with E-state index >= 15 is 0 Å². The van der Waals surface area contributed by atoms with E-state index in [2.05, 4.69) is 10.3 Å². The van der Waals surface area contributed by atoms with Gasteiger partial charge in [-0.2, -0.15) is 0 Å². The lowest BCUT2D eigenvalue weighted by atomic mass is 9.95. The van der Waals surface area contributed by atoms with E-state index in [1.807, 2.05) is 35.2 Å². The number of amides is 2. The molecular weight excluding hydrogens is 330 g/mol. The molecule has 0 unspecified atom stereocenters. The van der Waals surface area contributed by atoms with Gasteiger partial charge in [0.2, 0.25) is 5.91 Å². The first-order valence-corrected chi connectivity index (χ1v) is 8.88. The first-order valence-electron chi connectivity index (χ1n) is 8.88. The number of aromatic amines is 1. The van der Waals surface area contributed by atoms with E-state index in [9.17, 15) is 9.59 Å². The fraction of sp³-hybridized carbons (Fsp3) is 0.300. The van der Waals surface area contributed by atoms with Crippen molar-refractivity contribution in [1.29, 1.82) is 0 Å². The number of nitrogens with zero attached hydrogens (tertiary/aromatic N) is 1. The molecule has 0 bridgehead atoms. The van der Waals surface area contributed by atoms with Crippen LogP contribution in [0.5, 0.6) is 0 Å². The molecule has 0 aliphatic carbocycles. The number of rotatable bonds is 4. The van der Waals surface area contributed by atoms with Gasteiger partial charge in [-0.3, -0.25) is 9.59 Å². The van der Waals surface area contributed by atoms with Crippen LogP contribution in [0.4, 0.5) is 0 Å². The predicted octanol–water partition coefficient (Wildman–Crippen LogP) is 2.93. The number of H-pyrrole nitrogens is 1. The van der Waals surface area contributed by atoms with Crippen LogP contribution in [-0.2, 0) is 11.3 Å². The van der Waals surface area contributed by atoms with Crippen molar-refractivity contribution in [3.8, 4) is 0 Å². The molecule has 0 saturated carbocycles. The zero-order valence-electron chi connectivity index (χ0n) is 14.4. The van der Waals surface area contributed by atoms with Crippen LogP contribution in [0.15, 0.2) is 53.3 Å². The predicted molar refractivity (Wildman–Crippen MR) is 97.5 cm³/mol. The van der Waals surface area contributed by atoms with Crippen molar-refractivity contribution < 1.29 is 14.0 Å². The molecular formula is C20H21N3O3. The van der Waals surface area contributed by atoms with E-state index in [0.29, 0.717) is 38.0 Å². The summed E-state index contributed by atoms with van der Waals surface area (Å²) >= 11 is 0. The lowest BCUT2D eigenvalue weighted by molar-refractivity contribution is -0.126. The summed E-state index contributed by atoms with van der Waals surface area (Å²) in [6.45, 7) is 1.59. The summed E-state index contributed by atoms with van der Waals surface area (Å²) in [7, 11) is 0. The molecule has 0 atom stereocenters. The Morgan fingerprint density at radius 3 is 2.73 bits per heavy atom. The summed E-state index contributed by atoms with van der Waals surface area (Å²) in [6.07, 6.45) is 4.72. The van der Waals surface area contributed by atoms with Crippen molar-refractivity contribution >= 4 is 22.7 Å². The molecule has 6 heteroatoms. The summed E-state index contributed by atoms with van der Waals surface area (Å²) in [5.74, 6) is 0.736. The molecule has 3 aromatic rings. The Labute approximate surface area is 151 Å². The maximum Gasteiger partial charge on any atom is 0.256 e. The average Bonchev–Trinajstić information content (AvgIpc) is 3.35. The van der Waals surface area contributed by atoms with E-state index in [0.717, 1.165) is 16.7 Å². The number of likely N-dealkylation sites (tertiary alicyclic amines) is 1. The molecule has 1 aliphatic heterocycles. The lowest BCUT2D eigenvalue weighted by Gasteiger charge is -2.31. The maximum absolute atomic E-state index is 12.8. The minimum absolute atomic E-state index is 0.0249. The largest absolute Gasteiger partial charge is 0.467 e. The maximum atomic E-state index is 12.8. The number of benzene rings is 1. The Balaban J connectivity index is 1.34. The quantitative estimate of drug-likeness (QED) is 0.759. The topological polar surface area (TPSA) is 78.3 Å². The van der Waals surface area contributed by atoms with Gasteiger partial charge in [0.1, 0.15) is 5.76 Å². The molecule has 4 rings (SSSR count). The van der Waals surface area contributed by atoms with E-state index in [-0.39, 0.29) is 17.7 Å². The van der Waals surface area contributed by atoms with Crippen LogP contribution in [-0.4, -0.2) is 34.8 Å². The Morgan fingerprint density at radius 1 is 1.15 bits per heavy atom. The van der Waals surface area contributed by atoms with Crippen molar-refractivity contribution in [3.63, 3.8) is 0 Å². The molecule has 2 aromatic heterocycles. The van der Waals surface area contributed by atoms with Crippen LogP contribution in [0.1, 0.15) is 29.0 Å². The fourth-order valence-corrected chi connectivity index (χ4v) is 3.50. The van der Waals surface area contributed by atoms with Crippen LogP contribution in [0.2, 0.25) is 0 Å². The van der Waals surface area contributed by atoms with Crippen molar-refractivity contribution in [2.45, 2.75) is 19.4 Å². The molecule has 26 heavy (non-hydrogen) atoms. The SMILES string of the molecule is O=C(NCc1ccco1)C1CCN(C(=O)c2c[nH]c3ccccc23)CC1. The van der Waals surface area contributed by atoms with Gasteiger partial charge in [-0.1, -0.05) is 18.2 Å². The second kappa shape index (κ2) is 7.07. The number of furan rings is 1. The second-order valence-electron chi connectivity index (χ2n) is 6.61. The Hall–Kier alpha value is -3.02. The minimum atomic E-state index is -0.0584. The van der Waals surface area contributed by atoms with Gasteiger partial charge in [-0.15, -0.1) is 0 Å². The molecule has 6 nitrogen and oxygen atoms in total. The standard InChI is InChI=1S/C20H21N3O3/c24-19(22-12-15-4-3-11-26-15)14-7-9-23(10-8-14)20(25)17-13-21-18-6-2-1-5-16(17)18/h1-6,11,13-14,21H,7-10,12H2,(H,22,24). The fourth-order valence-electron chi connectivity index (χ4n) is 3.50. The summed E-state index contributed by atoms with van der Waals surface area (Å²) in [5, 5.41) is 3.85. The van der Waals surface area contributed by atoms with Crippen molar-refractivity contribution in [3.05, 3.63) is 60.2 Å². The van der Waals surface area contributed by atoms with E-state index in [1.165, 1.54) is 0 Å². The number of hydrogen-bond donors (Lipinski definition) is 2. The van der Waals surface area contributed by atoms with Crippen LogP contribution < -0.4 is 5.32 Å². The molecule has 1 saturated heterocycles. The van der Waals surface area contributed by atoms with Gasteiger partial charge in [0, 0.05) is 36.1 Å². The number of piperidine rings is 1. The number of carbonyl (C=O) groups is 2. The highest BCUT2D eigenvalue weighted by Gasteiger charge is 2.28. The number of para-hydroxylation sites is 1. The first kappa shape index (κ1) is 16.4. The Morgan fingerprint density at radius 2 is 1.96 bits per heavy atom. The second-order valence-corrected chi connectivity index (χ2v) is 6.61. The Bertz CT molecular complexity index is 905. The molecule has 0 radical (unpaired) electrons. The third-order valence-electron chi connectivity index (χ3n) is 4.99. The molecule has 134 valence electrons. The zero-order valence-corrected chi connectivity index (χ0v) is 14.4. The number of aromatic nitrogens is 1. The molecule has 0 spiro atoms. The highest BCUT2D eigenvalue weighted by atomic mass is 16.3. The van der Waals surface area contributed by atoms with E-state index in [4.69, 9.17) is 4.42 Å². The molecule has 2 N–H and O–H groups in total. The summed E-state index contributed by atoms with van der Waals surface area (Å²) in [4.78, 5) is 30.1. The van der Waals surface area contributed by atoms with Gasteiger partial charge in [0.15, 0.2) is 0 Å². The first-order chi connectivity index (χ1) is 12.7. The van der Waals surface area contributed by atoms with Crippen molar-refractivity contribution in [1.82, 2.24) is 15.2 Å². The van der Waals surface area contributed by atoms with Gasteiger partial charge < -0.3 is 19.6 Å². The number of nitrogens with one attached hydrogen (secondary N) is 2. The minimum Gasteiger partial charge on any atom is -0.467 e. The van der Waals surface area contributed by atoms with Gasteiger partial charge in [0.25, 0.3) is 5.91 Å².